The molecule has 0 spiro atoms. The van der Waals surface area contributed by atoms with Crippen LogP contribution >= 0.6 is 0 Å². The molecule has 2 aliphatic rings. The molecule has 0 fully saturated rings. The van der Waals surface area contributed by atoms with Crippen molar-refractivity contribution < 1.29 is 13.2 Å². The maximum atomic E-state index is 13.4. The lowest BCUT2D eigenvalue weighted by Gasteiger charge is -2.16. The van der Waals surface area contributed by atoms with Crippen molar-refractivity contribution in [2.24, 2.45) is 0 Å². The topological polar surface area (TPSA) is 214 Å². The van der Waals surface area contributed by atoms with Gasteiger partial charge in [0.05, 0.1) is 39.5 Å². The van der Waals surface area contributed by atoms with Crippen LogP contribution < -0.4 is 0 Å². The number of nitriles is 9. The second-order valence-electron chi connectivity index (χ2n) is 9.91. The van der Waals surface area contributed by atoms with E-state index in [1.54, 1.807) is 24.3 Å². The molecule has 218 valence electrons. The van der Waals surface area contributed by atoms with E-state index < -0.39 is 22.9 Å². The minimum Gasteiger partial charge on any atom is -0.192 e. The standard InChI is InChI=1S/C36H8F3N9/c37-36(38,39)23-7-5-20(6-8-23)29-25(15-46)33-27(17-48)34-30(21(10-41)11-42)28(19-3-1-18(9-40)2-4-19)24(14-45)32(34)26(16-47)35(33)31(29)22(12-43)13-44/h1-8H. The highest BCUT2D eigenvalue weighted by Crippen LogP contribution is 2.58. The first-order valence-corrected chi connectivity index (χ1v) is 13.2. The van der Waals surface area contributed by atoms with E-state index >= 15 is 0 Å². The Bertz CT molecular complexity index is 2520. The van der Waals surface area contributed by atoms with Gasteiger partial charge in [-0.2, -0.15) is 60.5 Å². The zero-order chi connectivity index (χ0) is 34.9. The van der Waals surface area contributed by atoms with Crippen LogP contribution in [0, 0.1) is 102 Å². The van der Waals surface area contributed by atoms with E-state index in [1.807, 2.05) is 30.3 Å². The Hall–Kier alpha value is -8.18. The van der Waals surface area contributed by atoms with Crippen LogP contribution in [-0.2, 0) is 6.18 Å². The SMILES string of the molecule is N#CC(C#N)=C1C(c2ccc(C#N)cc2)=C(C#N)c2c(C#N)c3c(c(C#N)c21)C(C#N)=C(c1ccc(C(F)(F)F)cc1)C3=C(C#N)C#N. The molecule has 3 aromatic carbocycles. The number of halogens is 3. The van der Waals surface area contributed by atoms with Crippen molar-refractivity contribution in [2.45, 2.75) is 6.18 Å². The fourth-order valence-electron chi connectivity index (χ4n) is 5.84. The Morgan fingerprint density at radius 1 is 0.458 bits per heavy atom. The third-order valence-corrected chi connectivity index (χ3v) is 7.70. The summed E-state index contributed by atoms with van der Waals surface area (Å²) in [6.45, 7) is 0. The van der Waals surface area contributed by atoms with Gasteiger partial charge in [0.1, 0.15) is 59.7 Å². The number of allylic oxidation sites excluding steroid dienone is 8. The van der Waals surface area contributed by atoms with Crippen LogP contribution in [0.4, 0.5) is 13.2 Å². The largest absolute Gasteiger partial charge is 0.416 e. The van der Waals surface area contributed by atoms with Gasteiger partial charge < -0.3 is 0 Å². The molecular weight excluding hydrogens is 615 g/mol. The van der Waals surface area contributed by atoms with Gasteiger partial charge in [-0.05, 0) is 35.4 Å². The Kier molecular flexibility index (Phi) is 7.63. The zero-order valence-electron chi connectivity index (χ0n) is 23.8. The molecule has 0 heterocycles. The van der Waals surface area contributed by atoms with Gasteiger partial charge in [0.25, 0.3) is 0 Å². The van der Waals surface area contributed by atoms with Gasteiger partial charge in [0.15, 0.2) is 0 Å². The van der Waals surface area contributed by atoms with E-state index in [0.29, 0.717) is 0 Å². The Morgan fingerprint density at radius 3 is 1.12 bits per heavy atom. The van der Waals surface area contributed by atoms with Crippen molar-refractivity contribution in [1.82, 2.24) is 0 Å². The summed E-state index contributed by atoms with van der Waals surface area (Å²) in [6, 6.07) is 25.8. The molecule has 3 aromatic rings. The van der Waals surface area contributed by atoms with Crippen LogP contribution in [0.3, 0.4) is 0 Å². The summed E-state index contributed by atoms with van der Waals surface area (Å²) in [4.78, 5) is 0. The molecule has 0 saturated heterocycles. The average Bonchev–Trinajstić information content (AvgIpc) is 3.62. The number of benzene rings is 3. The van der Waals surface area contributed by atoms with Crippen LogP contribution in [0.1, 0.15) is 55.6 Å². The predicted molar refractivity (Wildman–Crippen MR) is 160 cm³/mol. The average molecular weight is 624 g/mol. The molecular formula is C36H8F3N9. The summed E-state index contributed by atoms with van der Waals surface area (Å²) in [6.07, 6.45) is -4.72. The van der Waals surface area contributed by atoms with E-state index in [0.717, 1.165) is 24.3 Å². The van der Waals surface area contributed by atoms with Crippen LogP contribution in [-0.4, -0.2) is 0 Å². The maximum absolute atomic E-state index is 13.4. The van der Waals surface area contributed by atoms with Gasteiger partial charge in [0.2, 0.25) is 0 Å². The second kappa shape index (κ2) is 11.7. The lowest BCUT2D eigenvalue weighted by Crippen LogP contribution is -2.05. The molecule has 0 bridgehead atoms. The molecule has 12 heteroatoms. The molecule has 0 saturated carbocycles. The minimum atomic E-state index is -4.72. The van der Waals surface area contributed by atoms with Gasteiger partial charge in [-0.3, -0.25) is 0 Å². The molecule has 0 aromatic heterocycles. The molecule has 2 aliphatic carbocycles. The number of alkyl halides is 3. The van der Waals surface area contributed by atoms with Gasteiger partial charge in [-0.1, -0.05) is 24.3 Å². The van der Waals surface area contributed by atoms with E-state index in [-0.39, 0.29) is 83.5 Å². The number of hydrogen-bond donors (Lipinski definition) is 0. The Balaban J connectivity index is 2.05. The molecule has 48 heavy (non-hydrogen) atoms. The first kappa shape index (κ1) is 31.3. The summed E-state index contributed by atoms with van der Waals surface area (Å²) >= 11 is 0. The lowest BCUT2D eigenvalue weighted by atomic mass is 9.82. The number of fused-ring (bicyclic) bond motifs is 2. The first-order chi connectivity index (χ1) is 23.1. The van der Waals surface area contributed by atoms with Crippen LogP contribution in [0.5, 0.6) is 0 Å². The highest BCUT2D eigenvalue weighted by Gasteiger charge is 2.43. The summed E-state index contributed by atoms with van der Waals surface area (Å²) in [7, 11) is 0. The monoisotopic (exact) mass is 623 g/mol. The van der Waals surface area contributed by atoms with Crippen molar-refractivity contribution in [2.75, 3.05) is 0 Å². The predicted octanol–water partition coefficient (Wildman–Crippen LogP) is 6.82. The van der Waals surface area contributed by atoms with Crippen LogP contribution in [0.15, 0.2) is 59.7 Å². The molecule has 0 N–H and O–H groups in total. The highest BCUT2D eigenvalue weighted by atomic mass is 19.4. The molecule has 0 unspecified atom stereocenters. The fraction of sp³-hybridized carbons (Fsp3) is 0.0278. The summed E-state index contributed by atoms with van der Waals surface area (Å²) in [5.41, 5.74) is -4.96. The van der Waals surface area contributed by atoms with Crippen molar-refractivity contribution in [3.63, 3.8) is 0 Å². The smallest absolute Gasteiger partial charge is 0.192 e. The maximum Gasteiger partial charge on any atom is 0.416 e. The molecule has 0 atom stereocenters. The van der Waals surface area contributed by atoms with Crippen molar-refractivity contribution in [1.29, 1.82) is 47.4 Å². The van der Waals surface area contributed by atoms with Gasteiger partial charge >= 0.3 is 6.18 Å². The molecule has 0 radical (unpaired) electrons. The molecule has 0 amide bonds. The number of hydrogen-bond acceptors (Lipinski definition) is 9. The summed E-state index contributed by atoms with van der Waals surface area (Å²) < 4.78 is 40.2. The number of nitrogens with zero attached hydrogens (tertiary/aromatic N) is 9. The van der Waals surface area contributed by atoms with Gasteiger partial charge in [-0.15, -0.1) is 0 Å². The lowest BCUT2D eigenvalue weighted by molar-refractivity contribution is -0.137. The molecule has 0 aliphatic heterocycles. The Morgan fingerprint density at radius 2 is 0.833 bits per heavy atom. The normalized spacial score (nSPS) is 12.5. The fourth-order valence-corrected chi connectivity index (χ4v) is 5.84. The summed E-state index contributed by atoms with van der Waals surface area (Å²) in [5, 5.41) is 91.5. The second-order valence-corrected chi connectivity index (χ2v) is 9.91. The summed E-state index contributed by atoms with van der Waals surface area (Å²) in [5.74, 6) is 0. The van der Waals surface area contributed by atoms with E-state index in [1.165, 1.54) is 24.3 Å². The molecule has 5 rings (SSSR count). The number of rotatable bonds is 2. The van der Waals surface area contributed by atoms with Crippen LogP contribution in [0.25, 0.3) is 33.4 Å². The third-order valence-electron chi connectivity index (χ3n) is 7.70. The van der Waals surface area contributed by atoms with Crippen molar-refractivity contribution >= 4 is 33.4 Å². The minimum absolute atomic E-state index is 0.0245. The van der Waals surface area contributed by atoms with E-state index in [4.69, 9.17) is 0 Å². The zero-order valence-corrected chi connectivity index (χ0v) is 23.8. The van der Waals surface area contributed by atoms with E-state index in [2.05, 4.69) is 0 Å². The Labute approximate surface area is 269 Å². The van der Waals surface area contributed by atoms with Crippen molar-refractivity contribution in [3.05, 3.63) is 115 Å². The van der Waals surface area contributed by atoms with E-state index in [9.17, 15) is 60.5 Å². The van der Waals surface area contributed by atoms with Crippen LogP contribution in [0.2, 0.25) is 0 Å². The third kappa shape index (κ3) is 4.41. The van der Waals surface area contributed by atoms with Gasteiger partial charge in [-0.25, -0.2) is 0 Å². The highest BCUT2D eigenvalue weighted by molar-refractivity contribution is 6.32. The first-order valence-electron chi connectivity index (χ1n) is 13.2. The molecule has 9 nitrogen and oxygen atoms in total. The van der Waals surface area contributed by atoms with Crippen molar-refractivity contribution in [3.8, 4) is 54.6 Å². The quantitative estimate of drug-likeness (QED) is 0.273. The van der Waals surface area contributed by atoms with Gasteiger partial charge in [0, 0.05) is 44.5 Å².